The highest BCUT2D eigenvalue weighted by Gasteiger charge is 1.99. The first-order valence-corrected chi connectivity index (χ1v) is 6.48. The van der Waals surface area contributed by atoms with Crippen LogP contribution >= 0.6 is 0 Å². The van der Waals surface area contributed by atoms with Crippen LogP contribution in [-0.4, -0.2) is 23.1 Å². The Labute approximate surface area is 118 Å². The van der Waals surface area contributed by atoms with Crippen LogP contribution in [0.3, 0.4) is 0 Å². The van der Waals surface area contributed by atoms with Crippen molar-refractivity contribution in [3.05, 3.63) is 49.3 Å². The average Bonchev–Trinajstić information content (AvgIpc) is 2.48. The fourth-order valence-electron chi connectivity index (χ4n) is 1.65. The summed E-state index contributed by atoms with van der Waals surface area (Å²) in [4.78, 5) is 8.31. The molecule has 20 heavy (non-hydrogen) atoms. The molecule has 2 N–H and O–H groups in total. The van der Waals surface area contributed by atoms with Crippen LogP contribution in [0.2, 0.25) is 0 Å². The third kappa shape index (κ3) is 3.98. The summed E-state index contributed by atoms with van der Waals surface area (Å²) < 4.78 is 5.40. The molecule has 0 aliphatic carbocycles. The van der Waals surface area contributed by atoms with Gasteiger partial charge in [-0.1, -0.05) is 6.08 Å². The Morgan fingerprint density at radius 3 is 2.65 bits per heavy atom. The Balaban J connectivity index is 2.03. The lowest BCUT2D eigenvalue weighted by Crippen LogP contribution is -2.02. The van der Waals surface area contributed by atoms with Crippen molar-refractivity contribution < 1.29 is 4.74 Å². The minimum atomic E-state index is 0.664. The number of anilines is 3. The van der Waals surface area contributed by atoms with E-state index in [2.05, 4.69) is 27.2 Å². The lowest BCUT2D eigenvalue weighted by Gasteiger charge is -2.08. The van der Waals surface area contributed by atoms with E-state index in [1.54, 1.807) is 6.08 Å². The summed E-state index contributed by atoms with van der Waals surface area (Å²) in [5, 5.41) is 6.33. The Hall–Kier alpha value is -2.56. The average molecular weight is 270 g/mol. The molecule has 1 heterocycles. The molecular weight excluding hydrogens is 252 g/mol. The van der Waals surface area contributed by atoms with E-state index in [0.717, 1.165) is 23.1 Å². The maximum atomic E-state index is 5.40. The second-order valence-electron chi connectivity index (χ2n) is 4.04. The molecular formula is C15H18N4O. The van der Waals surface area contributed by atoms with Gasteiger partial charge in [0.15, 0.2) is 0 Å². The standard InChI is InChI=1S/C15H18N4O/c1-3-9-16-14-10-15(18-11-17-14)19-12-5-7-13(8-6-12)20-4-2/h3,5-8,10-11H,1,4,9H2,2H3,(H2,16,17,18,19). The molecule has 0 fully saturated rings. The molecule has 0 aliphatic heterocycles. The SMILES string of the molecule is C=CCNc1cc(Nc2ccc(OCC)cc2)ncn1. The normalized spacial score (nSPS) is 9.85. The number of benzene rings is 1. The third-order valence-electron chi connectivity index (χ3n) is 2.53. The Morgan fingerprint density at radius 1 is 1.20 bits per heavy atom. The largest absolute Gasteiger partial charge is 0.494 e. The zero-order valence-corrected chi connectivity index (χ0v) is 11.5. The zero-order valence-electron chi connectivity index (χ0n) is 11.5. The second kappa shape index (κ2) is 7.13. The first-order valence-electron chi connectivity index (χ1n) is 6.48. The van der Waals surface area contributed by atoms with Crippen molar-refractivity contribution in [2.75, 3.05) is 23.8 Å². The van der Waals surface area contributed by atoms with Gasteiger partial charge in [-0.2, -0.15) is 0 Å². The van der Waals surface area contributed by atoms with E-state index in [9.17, 15) is 0 Å². The summed E-state index contributed by atoms with van der Waals surface area (Å²) in [5.41, 5.74) is 0.946. The van der Waals surface area contributed by atoms with Gasteiger partial charge < -0.3 is 15.4 Å². The molecule has 0 amide bonds. The van der Waals surface area contributed by atoms with Crippen LogP contribution in [0.5, 0.6) is 5.75 Å². The van der Waals surface area contributed by atoms with Gasteiger partial charge in [-0.05, 0) is 31.2 Å². The highest BCUT2D eigenvalue weighted by molar-refractivity contribution is 5.59. The van der Waals surface area contributed by atoms with E-state index in [-0.39, 0.29) is 0 Å². The topological polar surface area (TPSA) is 59.1 Å². The van der Waals surface area contributed by atoms with E-state index < -0.39 is 0 Å². The smallest absolute Gasteiger partial charge is 0.135 e. The first-order chi connectivity index (χ1) is 9.81. The maximum absolute atomic E-state index is 5.40. The van der Waals surface area contributed by atoms with Crippen LogP contribution in [0.1, 0.15) is 6.92 Å². The molecule has 0 unspecified atom stereocenters. The van der Waals surface area contributed by atoms with Crippen molar-refractivity contribution in [1.29, 1.82) is 0 Å². The molecule has 0 radical (unpaired) electrons. The minimum absolute atomic E-state index is 0.664. The van der Waals surface area contributed by atoms with Crippen LogP contribution in [0, 0.1) is 0 Å². The second-order valence-corrected chi connectivity index (χ2v) is 4.04. The predicted octanol–water partition coefficient (Wildman–Crippen LogP) is 3.22. The highest BCUT2D eigenvalue weighted by atomic mass is 16.5. The first kappa shape index (κ1) is 13.9. The van der Waals surface area contributed by atoms with Crippen LogP contribution in [-0.2, 0) is 0 Å². The predicted molar refractivity (Wildman–Crippen MR) is 81.6 cm³/mol. The fourth-order valence-corrected chi connectivity index (χ4v) is 1.65. The van der Waals surface area contributed by atoms with E-state index in [1.165, 1.54) is 6.33 Å². The van der Waals surface area contributed by atoms with Gasteiger partial charge in [0, 0.05) is 18.3 Å². The maximum Gasteiger partial charge on any atom is 0.135 e. The van der Waals surface area contributed by atoms with Crippen LogP contribution < -0.4 is 15.4 Å². The summed E-state index contributed by atoms with van der Waals surface area (Å²) in [5.74, 6) is 2.35. The molecule has 104 valence electrons. The number of hydrogen-bond donors (Lipinski definition) is 2. The van der Waals surface area contributed by atoms with Gasteiger partial charge in [-0.3, -0.25) is 0 Å². The molecule has 2 aromatic rings. The molecule has 0 bridgehead atoms. The molecule has 1 aromatic carbocycles. The van der Waals surface area contributed by atoms with Crippen molar-refractivity contribution in [2.45, 2.75) is 6.92 Å². The Kier molecular flexibility index (Phi) is 4.94. The van der Waals surface area contributed by atoms with E-state index in [1.807, 2.05) is 37.3 Å². The molecule has 0 saturated heterocycles. The van der Waals surface area contributed by atoms with Crippen LogP contribution in [0.15, 0.2) is 49.3 Å². The van der Waals surface area contributed by atoms with Crippen molar-refractivity contribution in [3.8, 4) is 5.75 Å². The number of hydrogen-bond acceptors (Lipinski definition) is 5. The summed E-state index contributed by atoms with van der Waals surface area (Å²) >= 11 is 0. The van der Waals surface area contributed by atoms with E-state index in [4.69, 9.17) is 4.74 Å². The van der Waals surface area contributed by atoms with Gasteiger partial charge in [0.2, 0.25) is 0 Å². The van der Waals surface area contributed by atoms with Crippen LogP contribution in [0.4, 0.5) is 17.3 Å². The van der Waals surface area contributed by atoms with Crippen molar-refractivity contribution in [2.24, 2.45) is 0 Å². The Bertz CT molecular complexity index is 554. The minimum Gasteiger partial charge on any atom is -0.494 e. The Morgan fingerprint density at radius 2 is 1.95 bits per heavy atom. The molecule has 5 heteroatoms. The molecule has 0 atom stereocenters. The molecule has 0 spiro atoms. The molecule has 5 nitrogen and oxygen atoms in total. The van der Waals surface area contributed by atoms with Gasteiger partial charge in [0.05, 0.1) is 6.61 Å². The van der Waals surface area contributed by atoms with Crippen molar-refractivity contribution >= 4 is 17.3 Å². The van der Waals surface area contributed by atoms with Gasteiger partial charge in [0.25, 0.3) is 0 Å². The summed E-state index contributed by atoms with van der Waals surface area (Å²) in [6.07, 6.45) is 3.30. The summed E-state index contributed by atoms with van der Waals surface area (Å²) in [7, 11) is 0. The monoisotopic (exact) mass is 270 g/mol. The van der Waals surface area contributed by atoms with Crippen molar-refractivity contribution in [3.63, 3.8) is 0 Å². The van der Waals surface area contributed by atoms with E-state index in [0.29, 0.717) is 13.2 Å². The van der Waals surface area contributed by atoms with Gasteiger partial charge in [0.1, 0.15) is 23.7 Å². The summed E-state index contributed by atoms with van der Waals surface area (Å²) in [6.45, 7) is 6.95. The molecule has 0 aliphatic rings. The molecule has 2 rings (SSSR count). The summed E-state index contributed by atoms with van der Waals surface area (Å²) in [6, 6.07) is 9.58. The number of nitrogens with one attached hydrogen (secondary N) is 2. The quantitative estimate of drug-likeness (QED) is 0.756. The van der Waals surface area contributed by atoms with Gasteiger partial charge in [-0.15, -0.1) is 6.58 Å². The molecule has 1 aromatic heterocycles. The highest BCUT2D eigenvalue weighted by Crippen LogP contribution is 2.19. The lowest BCUT2D eigenvalue weighted by atomic mass is 10.3. The number of ether oxygens (including phenoxy) is 1. The van der Waals surface area contributed by atoms with E-state index >= 15 is 0 Å². The molecule has 0 saturated carbocycles. The van der Waals surface area contributed by atoms with Gasteiger partial charge >= 0.3 is 0 Å². The van der Waals surface area contributed by atoms with Gasteiger partial charge in [-0.25, -0.2) is 9.97 Å². The number of aromatic nitrogens is 2. The number of nitrogens with zero attached hydrogens (tertiary/aromatic N) is 2. The van der Waals surface area contributed by atoms with Crippen molar-refractivity contribution in [1.82, 2.24) is 9.97 Å². The van der Waals surface area contributed by atoms with Crippen LogP contribution in [0.25, 0.3) is 0 Å². The fraction of sp³-hybridized carbons (Fsp3) is 0.200. The number of rotatable bonds is 7. The lowest BCUT2D eigenvalue weighted by molar-refractivity contribution is 0.340. The third-order valence-corrected chi connectivity index (χ3v) is 2.53. The zero-order chi connectivity index (χ0) is 14.2.